The van der Waals surface area contributed by atoms with Gasteiger partial charge in [0, 0.05) is 24.4 Å². The number of amides is 2. The molecule has 4 rings (SSSR count). The van der Waals surface area contributed by atoms with E-state index in [4.69, 9.17) is 4.74 Å². The number of Topliss-reactive ketones (excluding diaryl/α,β-unsaturated/α-hetero) is 1. The predicted molar refractivity (Wildman–Crippen MR) is 145 cm³/mol. The highest BCUT2D eigenvalue weighted by molar-refractivity contribution is 5.93. The fourth-order valence-corrected chi connectivity index (χ4v) is 3.96. The van der Waals surface area contributed by atoms with Crippen molar-refractivity contribution >= 4 is 23.5 Å². The Balaban J connectivity index is 1.59. The molecule has 13 heteroatoms. The molecule has 216 valence electrons. The van der Waals surface area contributed by atoms with E-state index in [2.05, 4.69) is 20.6 Å². The van der Waals surface area contributed by atoms with Crippen LogP contribution in [-0.4, -0.2) is 44.5 Å². The van der Waals surface area contributed by atoms with Crippen LogP contribution < -0.4 is 16.2 Å². The molecule has 0 fully saturated rings. The van der Waals surface area contributed by atoms with E-state index in [1.165, 1.54) is 24.5 Å². The van der Waals surface area contributed by atoms with Crippen LogP contribution in [0.1, 0.15) is 11.1 Å². The van der Waals surface area contributed by atoms with Crippen LogP contribution in [0, 0.1) is 0 Å². The second-order valence-electron chi connectivity index (χ2n) is 8.99. The van der Waals surface area contributed by atoms with E-state index in [1.54, 1.807) is 60.7 Å². The molecule has 2 N–H and O–H groups in total. The van der Waals surface area contributed by atoms with Crippen LogP contribution in [0.15, 0.2) is 96.2 Å². The largest absolute Gasteiger partial charge is 0.452 e. The van der Waals surface area contributed by atoms with Gasteiger partial charge in [0.05, 0.1) is 6.20 Å². The number of hydrogen-bond acceptors (Lipinski definition) is 7. The van der Waals surface area contributed by atoms with Crippen molar-refractivity contribution < 1.29 is 32.3 Å². The topological polar surface area (TPSA) is 132 Å². The third-order valence-corrected chi connectivity index (χ3v) is 5.93. The number of ether oxygens (including phenoxy) is 1. The molecule has 2 aromatic heterocycles. The van der Waals surface area contributed by atoms with Crippen molar-refractivity contribution in [1.29, 1.82) is 0 Å². The van der Waals surface area contributed by atoms with Crippen molar-refractivity contribution in [3.63, 3.8) is 0 Å². The van der Waals surface area contributed by atoms with E-state index in [1.807, 2.05) is 0 Å². The number of nitrogens with one attached hydrogen (secondary N) is 2. The number of rotatable bonds is 10. The fraction of sp³-hybridized carbons (Fsp3) is 0.172. The van der Waals surface area contributed by atoms with Gasteiger partial charge < -0.3 is 10.1 Å². The molecule has 0 radical (unpaired) electrons. The zero-order chi connectivity index (χ0) is 30.1. The number of pyridine rings is 1. The lowest BCUT2D eigenvalue weighted by molar-refractivity contribution is -0.173. The first-order valence-corrected chi connectivity index (χ1v) is 12.5. The van der Waals surface area contributed by atoms with Crippen LogP contribution in [0.3, 0.4) is 0 Å². The summed E-state index contributed by atoms with van der Waals surface area (Å²) in [5.41, 5.74) is 0.159. The minimum Gasteiger partial charge on any atom is -0.444 e. The lowest BCUT2D eigenvalue weighted by Gasteiger charge is -2.20. The third kappa shape index (κ3) is 7.87. The van der Waals surface area contributed by atoms with Gasteiger partial charge in [-0.2, -0.15) is 13.2 Å². The number of carbonyl (C=O) groups is 3. The van der Waals surface area contributed by atoms with E-state index >= 15 is 0 Å². The Kier molecular flexibility index (Phi) is 9.42. The van der Waals surface area contributed by atoms with Crippen LogP contribution in [0.5, 0.6) is 0 Å². The number of ketones is 1. The molecule has 2 amide bonds. The van der Waals surface area contributed by atoms with E-state index in [9.17, 15) is 32.3 Å². The van der Waals surface area contributed by atoms with E-state index in [0.717, 1.165) is 10.8 Å². The summed E-state index contributed by atoms with van der Waals surface area (Å²) >= 11 is 0. The van der Waals surface area contributed by atoms with Gasteiger partial charge in [-0.1, -0.05) is 60.7 Å². The summed E-state index contributed by atoms with van der Waals surface area (Å²) in [4.78, 5) is 59.1. The summed E-state index contributed by atoms with van der Waals surface area (Å²) in [7, 11) is 0. The van der Waals surface area contributed by atoms with Gasteiger partial charge in [-0.15, -0.1) is 0 Å². The molecule has 0 spiro atoms. The van der Waals surface area contributed by atoms with Crippen LogP contribution in [0.25, 0.3) is 11.4 Å². The first-order valence-electron chi connectivity index (χ1n) is 12.5. The van der Waals surface area contributed by atoms with Gasteiger partial charge in [0.2, 0.25) is 5.91 Å². The molecule has 0 saturated carbocycles. The van der Waals surface area contributed by atoms with Gasteiger partial charge in [-0.25, -0.2) is 9.78 Å². The molecule has 0 bridgehead atoms. The van der Waals surface area contributed by atoms with Gasteiger partial charge in [0.1, 0.15) is 30.7 Å². The average molecular weight is 580 g/mol. The van der Waals surface area contributed by atoms with Crippen LogP contribution in [-0.2, 0) is 33.9 Å². The second-order valence-corrected chi connectivity index (χ2v) is 8.99. The highest BCUT2D eigenvalue weighted by Gasteiger charge is 2.44. The summed E-state index contributed by atoms with van der Waals surface area (Å²) < 4.78 is 46.0. The minimum atomic E-state index is -5.21. The van der Waals surface area contributed by atoms with Crippen molar-refractivity contribution in [3.05, 3.63) is 113 Å². The van der Waals surface area contributed by atoms with Crippen molar-refractivity contribution in [2.24, 2.45) is 0 Å². The van der Waals surface area contributed by atoms with Gasteiger partial charge in [0.25, 0.3) is 11.3 Å². The molecule has 10 nitrogen and oxygen atoms in total. The number of nitrogens with zero attached hydrogens (tertiary/aromatic N) is 3. The van der Waals surface area contributed by atoms with Gasteiger partial charge in [0.15, 0.2) is 0 Å². The molecule has 0 aliphatic carbocycles. The molecule has 1 unspecified atom stereocenters. The molecular weight excluding hydrogens is 555 g/mol. The highest BCUT2D eigenvalue weighted by Crippen LogP contribution is 2.20. The maximum atomic E-state index is 13.4. The van der Waals surface area contributed by atoms with Crippen molar-refractivity contribution in [1.82, 2.24) is 19.9 Å². The van der Waals surface area contributed by atoms with Crippen molar-refractivity contribution in [2.45, 2.75) is 31.8 Å². The molecule has 4 aromatic rings. The summed E-state index contributed by atoms with van der Waals surface area (Å²) in [6.07, 6.45) is -2.72. The normalized spacial score (nSPS) is 11.8. The van der Waals surface area contributed by atoms with Gasteiger partial charge in [-0.05, 0) is 23.3 Å². The Labute approximate surface area is 237 Å². The summed E-state index contributed by atoms with van der Waals surface area (Å²) in [5.74, 6) is -3.26. The molecule has 2 heterocycles. The van der Waals surface area contributed by atoms with E-state index in [-0.39, 0.29) is 18.1 Å². The van der Waals surface area contributed by atoms with E-state index in [0.29, 0.717) is 16.7 Å². The Morgan fingerprint density at radius 3 is 2.19 bits per heavy atom. The molecule has 0 saturated heterocycles. The number of hydrogen-bond donors (Lipinski definition) is 2. The zero-order valence-corrected chi connectivity index (χ0v) is 21.9. The third-order valence-electron chi connectivity index (χ3n) is 5.93. The van der Waals surface area contributed by atoms with Gasteiger partial charge >= 0.3 is 12.3 Å². The number of halogens is 3. The van der Waals surface area contributed by atoms with E-state index < -0.39 is 48.5 Å². The zero-order valence-electron chi connectivity index (χ0n) is 21.9. The number of anilines is 1. The number of benzene rings is 2. The number of carbonyl (C=O) groups excluding carboxylic acids is 3. The lowest BCUT2D eigenvalue weighted by atomic mass is 10.0. The molecule has 0 aliphatic heterocycles. The SMILES string of the molecule is O=C(Cn1c(-c2cccnc2)ncc(NC(=O)OCc2ccccc2)c1=O)NC(Cc1ccccc1)C(=O)C(F)(F)F. The van der Waals surface area contributed by atoms with Crippen LogP contribution in [0.4, 0.5) is 23.7 Å². The van der Waals surface area contributed by atoms with Crippen molar-refractivity contribution in [3.8, 4) is 11.4 Å². The van der Waals surface area contributed by atoms with Crippen molar-refractivity contribution in [2.75, 3.05) is 5.32 Å². The number of aromatic nitrogens is 3. The smallest absolute Gasteiger partial charge is 0.444 e. The summed E-state index contributed by atoms with van der Waals surface area (Å²) in [6.45, 7) is -0.901. The van der Waals surface area contributed by atoms with Crippen LogP contribution >= 0.6 is 0 Å². The Morgan fingerprint density at radius 2 is 1.57 bits per heavy atom. The highest BCUT2D eigenvalue weighted by atomic mass is 19.4. The minimum absolute atomic E-state index is 0.0480. The Hall–Kier alpha value is -5.33. The lowest BCUT2D eigenvalue weighted by Crippen LogP contribution is -2.49. The van der Waals surface area contributed by atoms with Gasteiger partial charge in [-0.3, -0.25) is 29.3 Å². The number of alkyl halides is 3. The molecular formula is C29H24F3N5O5. The maximum absolute atomic E-state index is 13.4. The maximum Gasteiger partial charge on any atom is 0.452 e. The first-order chi connectivity index (χ1) is 20.1. The Bertz CT molecular complexity index is 1600. The Morgan fingerprint density at radius 1 is 0.905 bits per heavy atom. The summed E-state index contributed by atoms with van der Waals surface area (Å²) in [5, 5.41) is 4.38. The molecule has 0 aliphatic rings. The standard InChI is InChI=1S/C29H24F3N5O5/c30-29(31,32)25(39)22(14-19-8-3-1-4-9-19)35-24(38)17-37-26(21-12-7-13-33-15-21)34-16-23(27(37)40)36-28(41)42-18-20-10-5-2-6-11-20/h1-13,15-16,22H,14,17-18H2,(H,35,38)(H,36,41). The summed E-state index contributed by atoms with van der Waals surface area (Å²) in [6, 6.07) is 17.8. The molecule has 1 atom stereocenters. The fourth-order valence-electron chi connectivity index (χ4n) is 3.96. The quantitative estimate of drug-likeness (QED) is 0.291. The predicted octanol–water partition coefficient (Wildman–Crippen LogP) is 3.91. The van der Waals surface area contributed by atoms with Crippen LogP contribution in [0.2, 0.25) is 0 Å². The monoisotopic (exact) mass is 579 g/mol. The average Bonchev–Trinajstić information content (AvgIpc) is 2.98. The second kappa shape index (κ2) is 13.4. The molecule has 2 aromatic carbocycles. The molecule has 42 heavy (non-hydrogen) atoms. The first kappa shape index (κ1) is 29.6.